The van der Waals surface area contributed by atoms with Crippen molar-refractivity contribution in [3.05, 3.63) is 65.2 Å². The molecule has 4 nitrogen and oxygen atoms in total. The van der Waals surface area contributed by atoms with Gasteiger partial charge in [-0.2, -0.15) is 0 Å². The van der Waals surface area contributed by atoms with Gasteiger partial charge in [-0.3, -0.25) is 9.59 Å². The van der Waals surface area contributed by atoms with Gasteiger partial charge in [0.1, 0.15) is 0 Å². The second-order valence-electron chi connectivity index (χ2n) is 6.27. The molecule has 4 heteroatoms. The lowest BCUT2D eigenvalue weighted by Gasteiger charge is -2.24. The van der Waals surface area contributed by atoms with E-state index in [1.165, 1.54) is 4.90 Å². The number of carbonyl (C=O) groups excluding carboxylic acids is 2. The Bertz CT molecular complexity index is 736. The van der Waals surface area contributed by atoms with Crippen molar-refractivity contribution < 1.29 is 9.59 Å². The quantitative estimate of drug-likeness (QED) is 0.792. The Balaban J connectivity index is 2.19. The van der Waals surface area contributed by atoms with Gasteiger partial charge < -0.3 is 9.80 Å². The standard InChI is InChI=1S/C20H24N2O2/c1-14-9-11-16(12-10-14)19(23)15(2)22(5)20(24)17-7-6-8-18(13-17)21(3)4/h6-13,15H,1-5H3. The zero-order valence-corrected chi connectivity index (χ0v) is 14.9. The van der Waals surface area contributed by atoms with E-state index in [0.29, 0.717) is 11.1 Å². The number of nitrogens with zero attached hydrogens (tertiary/aromatic N) is 2. The highest BCUT2D eigenvalue weighted by atomic mass is 16.2. The van der Waals surface area contributed by atoms with Crippen molar-refractivity contribution in [3.63, 3.8) is 0 Å². The second kappa shape index (κ2) is 7.30. The summed E-state index contributed by atoms with van der Waals surface area (Å²) in [6, 6.07) is 14.3. The van der Waals surface area contributed by atoms with Gasteiger partial charge in [0.2, 0.25) is 0 Å². The van der Waals surface area contributed by atoms with E-state index in [1.54, 1.807) is 32.2 Å². The lowest BCUT2D eigenvalue weighted by Crippen LogP contribution is -2.40. The maximum atomic E-state index is 12.7. The molecular weight excluding hydrogens is 300 g/mol. The van der Waals surface area contributed by atoms with Gasteiger partial charge in [-0.15, -0.1) is 0 Å². The van der Waals surface area contributed by atoms with Gasteiger partial charge in [0.25, 0.3) is 5.91 Å². The van der Waals surface area contributed by atoms with Crippen LogP contribution < -0.4 is 4.90 Å². The number of hydrogen-bond acceptors (Lipinski definition) is 3. The first-order valence-electron chi connectivity index (χ1n) is 7.96. The molecule has 0 bridgehead atoms. The van der Waals surface area contributed by atoms with E-state index in [-0.39, 0.29) is 11.7 Å². The Labute approximate surface area is 143 Å². The van der Waals surface area contributed by atoms with Crippen LogP contribution in [-0.4, -0.2) is 43.8 Å². The molecule has 0 fully saturated rings. The van der Waals surface area contributed by atoms with Crippen LogP contribution in [0.2, 0.25) is 0 Å². The molecule has 0 saturated heterocycles. The fourth-order valence-electron chi connectivity index (χ4n) is 2.43. The third-order valence-electron chi connectivity index (χ3n) is 4.23. The summed E-state index contributed by atoms with van der Waals surface area (Å²) in [5.74, 6) is -0.221. The fourth-order valence-corrected chi connectivity index (χ4v) is 2.43. The number of benzene rings is 2. The lowest BCUT2D eigenvalue weighted by molar-refractivity contribution is 0.0675. The summed E-state index contributed by atoms with van der Waals surface area (Å²) in [5, 5.41) is 0. The van der Waals surface area contributed by atoms with Gasteiger partial charge in [-0.1, -0.05) is 35.9 Å². The first-order chi connectivity index (χ1) is 11.3. The highest BCUT2D eigenvalue weighted by Gasteiger charge is 2.24. The summed E-state index contributed by atoms with van der Waals surface area (Å²) in [6.07, 6.45) is 0. The minimum Gasteiger partial charge on any atom is -0.378 e. The predicted octanol–water partition coefficient (Wildman–Crippen LogP) is 3.40. The topological polar surface area (TPSA) is 40.6 Å². The highest BCUT2D eigenvalue weighted by molar-refractivity contribution is 6.04. The van der Waals surface area contributed by atoms with Crippen LogP contribution in [0.4, 0.5) is 5.69 Å². The third-order valence-corrected chi connectivity index (χ3v) is 4.23. The number of likely N-dealkylation sites (N-methyl/N-ethyl adjacent to an activating group) is 1. The third kappa shape index (κ3) is 3.82. The smallest absolute Gasteiger partial charge is 0.254 e. The molecule has 126 valence electrons. The molecular formula is C20H24N2O2. The molecule has 2 aromatic carbocycles. The van der Waals surface area contributed by atoms with Gasteiger partial charge >= 0.3 is 0 Å². The monoisotopic (exact) mass is 324 g/mol. The average molecular weight is 324 g/mol. The summed E-state index contributed by atoms with van der Waals surface area (Å²) in [5.41, 5.74) is 3.25. The van der Waals surface area contributed by atoms with Crippen LogP contribution in [0, 0.1) is 6.92 Å². The molecule has 0 heterocycles. The Morgan fingerprint density at radius 3 is 2.12 bits per heavy atom. The molecule has 1 amide bonds. The van der Waals surface area contributed by atoms with Crippen molar-refractivity contribution in [2.75, 3.05) is 26.0 Å². The summed E-state index contributed by atoms with van der Waals surface area (Å²) in [6.45, 7) is 3.74. The Kier molecular flexibility index (Phi) is 5.39. The molecule has 0 radical (unpaired) electrons. The number of aryl methyl sites for hydroxylation is 1. The van der Waals surface area contributed by atoms with Gasteiger partial charge in [0.15, 0.2) is 5.78 Å². The molecule has 0 spiro atoms. The van der Waals surface area contributed by atoms with Crippen LogP contribution in [0.1, 0.15) is 33.2 Å². The molecule has 0 aliphatic rings. The molecule has 0 aliphatic heterocycles. The van der Waals surface area contributed by atoms with Crippen molar-refractivity contribution in [2.24, 2.45) is 0 Å². The van der Waals surface area contributed by atoms with Gasteiger partial charge in [-0.25, -0.2) is 0 Å². The van der Waals surface area contributed by atoms with E-state index in [4.69, 9.17) is 0 Å². The number of ketones is 1. The average Bonchev–Trinajstić information content (AvgIpc) is 2.60. The van der Waals surface area contributed by atoms with Gasteiger partial charge in [0, 0.05) is 38.0 Å². The zero-order chi connectivity index (χ0) is 17.9. The minimum absolute atomic E-state index is 0.0605. The molecule has 2 rings (SSSR count). The van der Waals surface area contributed by atoms with E-state index in [9.17, 15) is 9.59 Å². The number of carbonyl (C=O) groups is 2. The van der Waals surface area contributed by atoms with Crippen LogP contribution in [-0.2, 0) is 0 Å². The van der Waals surface area contributed by atoms with Crippen molar-refractivity contribution in [3.8, 4) is 0 Å². The van der Waals surface area contributed by atoms with E-state index in [2.05, 4.69) is 0 Å². The Morgan fingerprint density at radius 1 is 0.917 bits per heavy atom. The molecule has 1 unspecified atom stereocenters. The van der Waals surface area contributed by atoms with Crippen LogP contribution in [0.5, 0.6) is 0 Å². The number of anilines is 1. The van der Waals surface area contributed by atoms with Crippen LogP contribution in [0.25, 0.3) is 0 Å². The predicted molar refractivity (Wildman–Crippen MR) is 97.8 cm³/mol. The fraction of sp³-hybridized carbons (Fsp3) is 0.300. The number of rotatable bonds is 5. The summed E-state index contributed by atoms with van der Waals surface area (Å²) in [7, 11) is 5.52. The molecule has 1 atom stereocenters. The van der Waals surface area contributed by atoms with Crippen molar-refractivity contribution >= 4 is 17.4 Å². The number of hydrogen-bond donors (Lipinski definition) is 0. The first-order valence-corrected chi connectivity index (χ1v) is 7.96. The number of Topliss-reactive ketones (excluding diaryl/α,β-unsaturated/α-hetero) is 1. The second-order valence-corrected chi connectivity index (χ2v) is 6.27. The van der Waals surface area contributed by atoms with E-state index in [0.717, 1.165) is 11.3 Å². The number of amides is 1. The molecule has 0 aliphatic carbocycles. The van der Waals surface area contributed by atoms with E-state index in [1.807, 2.05) is 56.3 Å². The van der Waals surface area contributed by atoms with Gasteiger partial charge in [0.05, 0.1) is 6.04 Å². The molecule has 0 saturated carbocycles. The maximum absolute atomic E-state index is 12.7. The van der Waals surface area contributed by atoms with E-state index < -0.39 is 6.04 Å². The maximum Gasteiger partial charge on any atom is 0.254 e. The van der Waals surface area contributed by atoms with Crippen LogP contribution in [0.3, 0.4) is 0 Å². The van der Waals surface area contributed by atoms with Crippen molar-refractivity contribution in [1.29, 1.82) is 0 Å². The minimum atomic E-state index is -0.525. The lowest BCUT2D eigenvalue weighted by atomic mass is 10.0. The van der Waals surface area contributed by atoms with E-state index >= 15 is 0 Å². The molecule has 2 aromatic rings. The van der Waals surface area contributed by atoms with Crippen molar-refractivity contribution in [1.82, 2.24) is 4.90 Å². The SMILES string of the molecule is Cc1ccc(C(=O)C(C)N(C)C(=O)c2cccc(N(C)C)c2)cc1. The molecule has 24 heavy (non-hydrogen) atoms. The van der Waals surface area contributed by atoms with Crippen LogP contribution >= 0.6 is 0 Å². The van der Waals surface area contributed by atoms with Crippen molar-refractivity contribution in [2.45, 2.75) is 19.9 Å². The van der Waals surface area contributed by atoms with Crippen LogP contribution in [0.15, 0.2) is 48.5 Å². The largest absolute Gasteiger partial charge is 0.378 e. The summed E-state index contributed by atoms with van der Waals surface area (Å²) in [4.78, 5) is 28.8. The molecule has 0 aromatic heterocycles. The summed E-state index contributed by atoms with van der Waals surface area (Å²) >= 11 is 0. The first kappa shape index (κ1) is 17.7. The normalized spacial score (nSPS) is 11.7. The Hall–Kier alpha value is -2.62. The highest BCUT2D eigenvalue weighted by Crippen LogP contribution is 2.17. The Morgan fingerprint density at radius 2 is 1.54 bits per heavy atom. The zero-order valence-electron chi connectivity index (χ0n) is 14.9. The summed E-state index contributed by atoms with van der Waals surface area (Å²) < 4.78 is 0. The van der Waals surface area contributed by atoms with Gasteiger partial charge in [-0.05, 0) is 32.0 Å². The molecule has 0 N–H and O–H groups in total.